The maximum Gasteiger partial charge on any atom is 0.148 e. The van der Waals surface area contributed by atoms with Gasteiger partial charge in [-0.3, -0.25) is 4.99 Å². The zero-order chi connectivity index (χ0) is 31.3. The zero-order valence-corrected chi connectivity index (χ0v) is 26.1. The maximum absolute atomic E-state index is 6.53. The van der Waals surface area contributed by atoms with E-state index in [4.69, 9.17) is 15.7 Å². The van der Waals surface area contributed by atoms with Crippen LogP contribution >= 0.6 is 0 Å². The summed E-state index contributed by atoms with van der Waals surface area (Å²) in [5, 5.41) is 2.56. The molecule has 0 saturated carbocycles. The molecule has 0 aliphatic heterocycles. The summed E-state index contributed by atoms with van der Waals surface area (Å²) in [6, 6.07) is 42.6. The molecule has 2 aliphatic carbocycles. The summed E-state index contributed by atoms with van der Waals surface area (Å²) in [4.78, 5) is 9.92. The minimum Gasteiger partial charge on any atom is -0.383 e. The van der Waals surface area contributed by atoms with Gasteiger partial charge in [-0.05, 0) is 58.5 Å². The summed E-state index contributed by atoms with van der Waals surface area (Å²) < 4.78 is 2.43. The Morgan fingerprint density at radius 2 is 1.50 bits per heavy atom. The molecule has 0 fully saturated rings. The minimum absolute atomic E-state index is 0.0437. The third-order valence-electron chi connectivity index (χ3n) is 9.65. The van der Waals surface area contributed by atoms with Gasteiger partial charge in [0.25, 0.3) is 0 Å². The van der Waals surface area contributed by atoms with Crippen molar-refractivity contribution in [2.24, 2.45) is 21.6 Å². The summed E-state index contributed by atoms with van der Waals surface area (Å²) >= 11 is 0. The van der Waals surface area contributed by atoms with E-state index in [9.17, 15) is 0 Å². The lowest BCUT2D eigenvalue weighted by Crippen LogP contribution is -2.23. The Morgan fingerprint density at radius 1 is 0.783 bits per heavy atom. The number of fused-ring (bicyclic) bond motifs is 6. The number of nitrogens with zero attached hydrogens (tertiary/aromatic N) is 3. The number of hydrogen-bond donors (Lipinski definition) is 1. The van der Waals surface area contributed by atoms with Gasteiger partial charge in [-0.15, -0.1) is 0 Å². The van der Waals surface area contributed by atoms with Crippen LogP contribution in [-0.2, 0) is 5.41 Å². The molecule has 0 amide bonds. The van der Waals surface area contributed by atoms with Crippen LogP contribution in [0.2, 0.25) is 0 Å². The molecule has 0 bridgehead atoms. The monoisotopic (exact) mass is 596 g/mol. The second-order valence-corrected chi connectivity index (χ2v) is 12.8. The van der Waals surface area contributed by atoms with E-state index in [0.29, 0.717) is 5.84 Å². The Bertz CT molecular complexity index is 2210. The van der Waals surface area contributed by atoms with Gasteiger partial charge in [-0.1, -0.05) is 129 Å². The molecule has 2 unspecified atom stereocenters. The molecule has 1 heterocycles. The lowest BCUT2D eigenvalue weighted by atomic mass is 9.82. The number of allylic oxidation sites excluding steroid dienone is 3. The quantitative estimate of drug-likeness (QED) is 0.151. The number of benzene rings is 5. The van der Waals surface area contributed by atoms with Gasteiger partial charge >= 0.3 is 0 Å². The van der Waals surface area contributed by atoms with Gasteiger partial charge in [0, 0.05) is 39.6 Å². The third-order valence-corrected chi connectivity index (χ3v) is 9.65. The van der Waals surface area contributed by atoms with Gasteiger partial charge in [-0.2, -0.15) is 0 Å². The molecule has 2 atom stereocenters. The van der Waals surface area contributed by atoms with Crippen LogP contribution < -0.4 is 5.73 Å². The summed E-state index contributed by atoms with van der Waals surface area (Å²) in [6.07, 6.45) is 9.19. The van der Waals surface area contributed by atoms with Crippen LogP contribution in [0.25, 0.3) is 38.6 Å². The molecular formula is C42H36N4. The second-order valence-electron chi connectivity index (χ2n) is 12.8. The van der Waals surface area contributed by atoms with Crippen LogP contribution in [0.3, 0.4) is 0 Å². The molecule has 46 heavy (non-hydrogen) atoms. The van der Waals surface area contributed by atoms with Crippen molar-refractivity contribution < 1.29 is 0 Å². The molecule has 0 spiro atoms. The normalized spacial score (nSPS) is 17.7. The molecule has 8 rings (SSSR count). The van der Waals surface area contributed by atoms with Crippen LogP contribution in [0.4, 0.5) is 0 Å². The van der Waals surface area contributed by atoms with Crippen LogP contribution in [0.1, 0.15) is 42.5 Å². The fourth-order valence-corrected chi connectivity index (χ4v) is 7.22. The number of rotatable bonds is 6. The highest BCUT2D eigenvalue weighted by molar-refractivity contribution is 6.12. The zero-order valence-electron chi connectivity index (χ0n) is 26.1. The summed E-state index contributed by atoms with van der Waals surface area (Å²) in [5.41, 5.74) is 17.5. The Labute approximate surface area is 270 Å². The molecule has 6 aromatic rings. The van der Waals surface area contributed by atoms with Crippen molar-refractivity contribution in [1.82, 2.24) is 4.57 Å². The van der Waals surface area contributed by atoms with Crippen LogP contribution in [0, 0.1) is 5.92 Å². The fraction of sp³-hybridized carbons (Fsp3) is 0.143. The van der Waals surface area contributed by atoms with E-state index in [1.165, 1.54) is 49.8 Å². The number of aliphatic imine (C=N–C) groups is 2. The molecule has 4 heteroatoms. The second kappa shape index (κ2) is 11.1. The predicted molar refractivity (Wildman–Crippen MR) is 194 cm³/mol. The topological polar surface area (TPSA) is 55.7 Å². The molecular weight excluding hydrogens is 560 g/mol. The van der Waals surface area contributed by atoms with Crippen LogP contribution in [0.15, 0.2) is 150 Å². The maximum atomic E-state index is 6.53. The number of para-hydroxylation sites is 1. The first-order valence-electron chi connectivity index (χ1n) is 16.0. The molecule has 2 aliphatic rings. The van der Waals surface area contributed by atoms with E-state index in [1.54, 1.807) is 0 Å². The van der Waals surface area contributed by atoms with Crippen molar-refractivity contribution in [3.63, 3.8) is 0 Å². The number of amidine groups is 1. The highest BCUT2D eigenvalue weighted by atomic mass is 15.0. The lowest BCUT2D eigenvalue weighted by Gasteiger charge is -2.22. The van der Waals surface area contributed by atoms with Crippen molar-refractivity contribution in [3.8, 4) is 11.1 Å². The Kier molecular flexibility index (Phi) is 6.79. The smallest absolute Gasteiger partial charge is 0.148 e. The molecule has 5 aromatic carbocycles. The van der Waals surface area contributed by atoms with E-state index in [-0.39, 0.29) is 17.5 Å². The standard InChI is InChI=1S/C42H36N4/c1-42(2)36-19-11-9-17-32(36)34-26-39-35(25-37(34)42)33-18-10-12-20-38(33)46(39)31-23-21-30(22-24-31)41(44-27-28-13-5-3-6-14-28)45-40(43)29-15-7-4-8-16-29/h3-21,23-27,30,41H,22H2,1-2H3,(H2,43,45). The number of nitrogens with two attached hydrogens (primary N) is 1. The highest BCUT2D eigenvalue weighted by Crippen LogP contribution is 2.51. The van der Waals surface area contributed by atoms with Gasteiger partial charge < -0.3 is 10.3 Å². The van der Waals surface area contributed by atoms with Crippen molar-refractivity contribution >= 4 is 39.6 Å². The SMILES string of the molecule is CC1(C)c2ccccc2-c2cc3c(cc21)c1ccccc1n3C1=CCC(C(N=Cc2ccccc2)N=C(N)c2ccccc2)C=C1. The Hall–Kier alpha value is -5.48. The van der Waals surface area contributed by atoms with E-state index in [2.05, 4.69) is 109 Å². The average Bonchev–Trinajstić information content (AvgIpc) is 3.55. The Morgan fingerprint density at radius 3 is 2.28 bits per heavy atom. The van der Waals surface area contributed by atoms with Crippen molar-refractivity contribution in [3.05, 3.63) is 162 Å². The van der Waals surface area contributed by atoms with Crippen molar-refractivity contribution in [2.45, 2.75) is 31.8 Å². The van der Waals surface area contributed by atoms with Crippen molar-refractivity contribution in [2.75, 3.05) is 0 Å². The van der Waals surface area contributed by atoms with Gasteiger partial charge in [0.1, 0.15) is 12.0 Å². The van der Waals surface area contributed by atoms with E-state index < -0.39 is 0 Å². The minimum atomic E-state index is -0.352. The lowest BCUT2D eigenvalue weighted by molar-refractivity contribution is 0.524. The summed E-state index contributed by atoms with van der Waals surface area (Å²) in [7, 11) is 0. The summed E-state index contributed by atoms with van der Waals surface area (Å²) in [6.45, 7) is 4.69. The van der Waals surface area contributed by atoms with Gasteiger partial charge in [0.15, 0.2) is 0 Å². The molecule has 2 N–H and O–H groups in total. The Balaban J connectivity index is 1.20. The molecule has 0 radical (unpaired) electrons. The predicted octanol–water partition coefficient (Wildman–Crippen LogP) is 9.37. The number of aromatic nitrogens is 1. The first kappa shape index (κ1) is 28.0. The number of hydrogen-bond acceptors (Lipinski definition) is 2. The average molecular weight is 597 g/mol. The van der Waals surface area contributed by atoms with E-state index >= 15 is 0 Å². The fourth-order valence-electron chi connectivity index (χ4n) is 7.22. The molecule has 0 saturated heterocycles. The summed E-state index contributed by atoms with van der Waals surface area (Å²) in [5.74, 6) is 0.564. The molecule has 224 valence electrons. The first-order valence-corrected chi connectivity index (χ1v) is 16.0. The highest BCUT2D eigenvalue weighted by Gasteiger charge is 2.36. The molecule has 1 aromatic heterocycles. The van der Waals surface area contributed by atoms with E-state index in [1.807, 2.05) is 54.7 Å². The van der Waals surface area contributed by atoms with Gasteiger partial charge in [-0.25, -0.2) is 4.99 Å². The van der Waals surface area contributed by atoms with Crippen molar-refractivity contribution in [1.29, 1.82) is 0 Å². The van der Waals surface area contributed by atoms with Gasteiger partial charge in [0.05, 0.1) is 11.0 Å². The third kappa shape index (κ3) is 4.69. The largest absolute Gasteiger partial charge is 0.383 e. The first-order chi connectivity index (χ1) is 22.5. The molecule has 4 nitrogen and oxygen atoms in total. The van der Waals surface area contributed by atoms with Gasteiger partial charge in [0.2, 0.25) is 0 Å². The van der Waals surface area contributed by atoms with Crippen LogP contribution in [0.5, 0.6) is 0 Å². The van der Waals surface area contributed by atoms with Crippen LogP contribution in [-0.4, -0.2) is 22.8 Å². The van der Waals surface area contributed by atoms with E-state index in [0.717, 1.165) is 17.5 Å².